The minimum atomic E-state index is -1.24. The molecule has 1 amide bonds. The number of hydrogen-bond acceptors (Lipinski definition) is 4. The third-order valence-electron chi connectivity index (χ3n) is 3.32. The number of ether oxygens (including phenoxy) is 2. The Labute approximate surface area is 223 Å². The van der Waals surface area contributed by atoms with E-state index in [4.69, 9.17) is 9.47 Å². The molecule has 1 atom stereocenters. The molecule has 1 unspecified atom stereocenters. The number of halogens is 4. The zero-order valence-electron chi connectivity index (χ0n) is 15.6. The number of aliphatic carboxylic acids is 1. The van der Waals surface area contributed by atoms with E-state index in [1.54, 1.807) is 32.9 Å². The van der Waals surface area contributed by atoms with Crippen molar-refractivity contribution in [3.05, 3.63) is 50.2 Å². The summed E-state index contributed by atoms with van der Waals surface area (Å²) in [5, 5.41) is 12.0. The Hall–Kier alpha value is -0.1000. The minimum Gasteiger partial charge on any atom is -0.479 e. The summed E-state index contributed by atoms with van der Waals surface area (Å²) in [6.07, 6.45) is -0.788. The lowest BCUT2D eigenvalue weighted by Crippen LogP contribution is -2.38. The topological polar surface area (TPSA) is 84.9 Å². The van der Waals surface area contributed by atoms with Crippen molar-refractivity contribution in [1.29, 1.82) is 0 Å². The van der Waals surface area contributed by atoms with Crippen LogP contribution >= 0.6 is 90.4 Å². The highest BCUT2D eigenvalue weighted by atomic mass is 127. The SMILES string of the molecule is CC(C)(C)OC(=O)NC(C(=O)O)c1cc(I)c(Oc2cc(I)cc(I)c2)c(I)c1. The predicted octanol–water partition coefficient (Wildman–Crippen LogP) is 6.55. The van der Waals surface area contributed by atoms with Crippen LogP contribution in [0.1, 0.15) is 32.4 Å². The summed E-state index contributed by atoms with van der Waals surface area (Å²) in [4.78, 5) is 23.8. The molecule has 0 aliphatic carbocycles. The van der Waals surface area contributed by atoms with Gasteiger partial charge in [-0.05, 0) is 147 Å². The Morgan fingerprint density at radius 1 is 0.966 bits per heavy atom. The normalized spacial score (nSPS) is 12.2. The summed E-state index contributed by atoms with van der Waals surface area (Å²) in [5.74, 6) is 0.156. The first kappa shape index (κ1) is 25.2. The molecular formula is C19H17I4NO5. The second kappa shape index (κ2) is 10.5. The van der Waals surface area contributed by atoms with Gasteiger partial charge in [-0.1, -0.05) is 0 Å². The number of alkyl carbamates (subject to hydrolysis) is 1. The van der Waals surface area contributed by atoms with Crippen molar-refractivity contribution >= 4 is 102 Å². The molecule has 156 valence electrons. The highest BCUT2D eigenvalue weighted by Crippen LogP contribution is 2.35. The number of hydrogen-bond donors (Lipinski definition) is 2. The number of carbonyl (C=O) groups is 2. The monoisotopic (exact) mass is 847 g/mol. The van der Waals surface area contributed by atoms with Gasteiger partial charge < -0.3 is 19.9 Å². The van der Waals surface area contributed by atoms with Crippen LogP contribution in [0.4, 0.5) is 4.79 Å². The summed E-state index contributed by atoms with van der Waals surface area (Å²) in [6, 6.07) is 8.02. The number of carbonyl (C=O) groups excluding carboxylic acids is 1. The molecule has 2 N–H and O–H groups in total. The van der Waals surface area contributed by atoms with Crippen molar-refractivity contribution in [2.45, 2.75) is 32.4 Å². The molecule has 0 aromatic heterocycles. The van der Waals surface area contributed by atoms with Crippen LogP contribution < -0.4 is 10.1 Å². The lowest BCUT2D eigenvalue weighted by atomic mass is 10.1. The van der Waals surface area contributed by atoms with Gasteiger partial charge in [0.1, 0.15) is 11.4 Å². The van der Waals surface area contributed by atoms with Gasteiger partial charge in [0.15, 0.2) is 11.8 Å². The summed E-state index contributed by atoms with van der Waals surface area (Å²) >= 11 is 8.65. The van der Waals surface area contributed by atoms with Gasteiger partial charge in [0.2, 0.25) is 0 Å². The van der Waals surface area contributed by atoms with Crippen LogP contribution in [0.3, 0.4) is 0 Å². The standard InChI is InChI=1S/C19H17I4NO5/c1-19(2,3)29-18(27)24-15(17(25)26)9-4-13(22)16(14(23)5-9)28-12-7-10(20)6-11(21)8-12/h4-8,15H,1-3H3,(H,24,27)(H,25,26). The van der Waals surface area contributed by atoms with E-state index in [2.05, 4.69) is 95.7 Å². The van der Waals surface area contributed by atoms with Gasteiger partial charge >= 0.3 is 12.1 Å². The van der Waals surface area contributed by atoms with E-state index in [1.165, 1.54) is 0 Å². The lowest BCUT2D eigenvalue weighted by molar-refractivity contribution is -0.139. The largest absolute Gasteiger partial charge is 0.479 e. The molecule has 0 aliphatic heterocycles. The number of rotatable bonds is 5. The maximum absolute atomic E-state index is 12.1. The molecule has 2 rings (SSSR count). The van der Waals surface area contributed by atoms with Crippen LogP contribution in [0.2, 0.25) is 0 Å². The van der Waals surface area contributed by atoms with Crippen LogP contribution in [0.5, 0.6) is 11.5 Å². The van der Waals surface area contributed by atoms with Gasteiger partial charge in [0.05, 0.1) is 7.14 Å². The number of amides is 1. The maximum Gasteiger partial charge on any atom is 0.408 e. The van der Waals surface area contributed by atoms with Gasteiger partial charge in [0.25, 0.3) is 0 Å². The van der Waals surface area contributed by atoms with E-state index in [0.29, 0.717) is 17.1 Å². The highest BCUT2D eigenvalue weighted by molar-refractivity contribution is 14.1. The fourth-order valence-corrected chi connectivity index (χ4v) is 6.18. The quantitative estimate of drug-likeness (QED) is 0.334. The first-order valence-corrected chi connectivity index (χ1v) is 12.5. The summed E-state index contributed by atoms with van der Waals surface area (Å²) in [6.45, 7) is 5.14. The third kappa shape index (κ3) is 7.83. The van der Waals surface area contributed by atoms with Crippen molar-refractivity contribution in [3.8, 4) is 11.5 Å². The van der Waals surface area contributed by atoms with Gasteiger partial charge in [-0.3, -0.25) is 0 Å². The van der Waals surface area contributed by atoms with Gasteiger partial charge in [-0.25, -0.2) is 9.59 Å². The van der Waals surface area contributed by atoms with Gasteiger partial charge in [-0.2, -0.15) is 0 Å². The van der Waals surface area contributed by atoms with Crippen molar-refractivity contribution in [2.24, 2.45) is 0 Å². The number of nitrogens with one attached hydrogen (secondary N) is 1. The minimum absolute atomic E-state index is 0.432. The molecule has 0 aliphatic rings. The first-order valence-electron chi connectivity index (χ1n) is 8.21. The molecule has 0 saturated heterocycles. The number of benzene rings is 2. The third-order valence-corrected chi connectivity index (χ3v) is 6.17. The molecule has 0 radical (unpaired) electrons. The lowest BCUT2D eigenvalue weighted by Gasteiger charge is -2.22. The van der Waals surface area contributed by atoms with Crippen LogP contribution in [-0.2, 0) is 9.53 Å². The summed E-state index contributed by atoms with van der Waals surface area (Å²) < 4.78 is 14.8. The molecule has 0 bridgehead atoms. The van der Waals surface area contributed by atoms with Crippen LogP contribution in [0.25, 0.3) is 0 Å². The zero-order chi connectivity index (χ0) is 21.9. The Bertz CT molecular complexity index is 899. The number of carboxylic acids is 1. The predicted molar refractivity (Wildman–Crippen MR) is 144 cm³/mol. The zero-order valence-corrected chi connectivity index (χ0v) is 24.2. The molecule has 0 fully saturated rings. The summed E-state index contributed by atoms with van der Waals surface area (Å²) in [7, 11) is 0. The van der Waals surface area contributed by atoms with E-state index < -0.39 is 23.7 Å². The van der Waals surface area contributed by atoms with E-state index >= 15 is 0 Å². The van der Waals surface area contributed by atoms with Crippen LogP contribution in [0, 0.1) is 14.3 Å². The Kier molecular flexibility index (Phi) is 9.09. The second-order valence-corrected chi connectivity index (χ2v) is 11.8. The second-order valence-electron chi connectivity index (χ2n) is 6.94. The van der Waals surface area contributed by atoms with E-state index in [9.17, 15) is 14.7 Å². The molecule has 2 aromatic carbocycles. The van der Waals surface area contributed by atoms with Crippen molar-refractivity contribution in [3.63, 3.8) is 0 Å². The molecule has 29 heavy (non-hydrogen) atoms. The molecular weight excluding hydrogens is 830 g/mol. The van der Waals surface area contributed by atoms with Crippen LogP contribution in [0.15, 0.2) is 30.3 Å². The average molecular weight is 847 g/mol. The molecule has 6 nitrogen and oxygen atoms in total. The van der Waals surface area contributed by atoms with Crippen molar-refractivity contribution < 1.29 is 24.2 Å². The maximum atomic E-state index is 12.1. The fourth-order valence-electron chi connectivity index (χ4n) is 2.26. The van der Waals surface area contributed by atoms with Gasteiger partial charge in [0, 0.05) is 7.14 Å². The van der Waals surface area contributed by atoms with E-state index in [-0.39, 0.29) is 0 Å². The van der Waals surface area contributed by atoms with Crippen LogP contribution in [-0.4, -0.2) is 22.8 Å². The Balaban J connectivity index is 2.31. The molecule has 2 aromatic rings. The first-order chi connectivity index (χ1) is 13.4. The van der Waals surface area contributed by atoms with Crippen molar-refractivity contribution in [2.75, 3.05) is 0 Å². The Morgan fingerprint density at radius 2 is 1.48 bits per heavy atom. The smallest absolute Gasteiger partial charge is 0.408 e. The van der Waals surface area contributed by atoms with Crippen molar-refractivity contribution in [1.82, 2.24) is 5.32 Å². The molecule has 10 heteroatoms. The fraction of sp³-hybridized carbons (Fsp3) is 0.263. The number of carboxylic acid groups (broad SMARTS) is 1. The molecule has 0 saturated carbocycles. The highest BCUT2D eigenvalue weighted by Gasteiger charge is 2.27. The van der Waals surface area contributed by atoms with Gasteiger partial charge in [-0.15, -0.1) is 0 Å². The Morgan fingerprint density at radius 3 is 1.93 bits per heavy atom. The molecule has 0 spiro atoms. The van der Waals surface area contributed by atoms with E-state index in [0.717, 1.165) is 14.3 Å². The summed E-state index contributed by atoms with van der Waals surface area (Å²) in [5.41, 5.74) is -0.292. The van der Waals surface area contributed by atoms with E-state index in [1.807, 2.05) is 18.2 Å². The molecule has 0 heterocycles. The average Bonchev–Trinajstić information content (AvgIpc) is 2.53.